The van der Waals surface area contributed by atoms with Gasteiger partial charge in [0.1, 0.15) is 6.61 Å². The van der Waals surface area contributed by atoms with Gasteiger partial charge in [0.15, 0.2) is 11.5 Å². The Hall–Kier alpha value is -1.30. The number of carbonyl (C=O) groups excluding carboxylic acids is 1. The van der Waals surface area contributed by atoms with E-state index in [-0.39, 0.29) is 0 Å². The summed E-state index contributed by atoms with van der Waals surface area (Å²) in [6.45, 7) is 4.79. The third-order valence-corrected chi connectivity index (χ3v) is 3.11. The highest BCUT2D eigenvalue weighted by Crippen LogP contribution is 2.28. The summed E-state index contributed by atoms with van der Waals surface area (Å²) >= 11 is 5.45. The summed E-state index contributed by atoms with van der Waals surface area (Å²) in [5, 5.41) is -0.534. The first-order valence-corrected chi connectivity index (χ1v) is 7.73. The maximum atomic E-state index is 11.2. The summed E-state index contributed by atoms with van der Waals surface area (Å²) in [5.74, 6) is 1.02. The fraction of sp³-hybridized carbons (Fsp3) is 0.562. The Morgan fingerprint density at radius 1 is 1.05 bits per heavy atom. The van der Waals surface area contributed by atoms with Crippen LogP contribution in [0.15, 0.2) is 18.2 Å². The van der Waals surface area contributed by atoms with Crippen molar-refractivity contribution < 1.29 is 23.7 Å². The highest BCUT2D eigenvalue weighted by molar-refractivity contribution is 6.67. The van der Waals surface area contributed by atoms with Gasteiger partial charge in [0.25, 0.3) is 5.24 Å². The molecule has 0 aliphatic carbocycles. The number of methoxy groups -OCH3 is 1. The summed E-state index contributed by atoms with van der Waals surface area (Å²) in [6.07, 6.45) is 2.19. The number of benzene rings is 1. The molecule has 5 nitrogen and oxygen atoms in total. The molecule has 0 aliphatic rings. The van der Waals surface area contributed by atoms with E-state index in [2.05, 4.69) is 6.92 Å². The lowest BCUT2D eigenvalue weighted by Crippen LogP contribution is -2.11. The van der Waals surface area contributed by atoms with Crippen molar-refractivity contribution in [1.29, 1.82) is 0 Å². The van der Waals surface area contributed by atoms with E-state index in [0.717, 1.165) is 19.4 Å². The number of hydrogen-bond acceptors (Lipinski definition) is 5. The molecule has 0 saturated heterocycles. The molecule has 0 aliphatic heterocycles. The molecule has 0 radical (unpaired) electrons. The molecule has 0 spiro atoms. The van der Waals surface area contributed by atoms with Crippen LogP contribution in [0.2, 0.25) is 0 Å². The van der Waals surface area contributed by atoms with Crippen LogP contribution in [-0.2, 0) is 9.47 Å². The van der Waals surface area contributed by atoms with E-state index in [1.54, 1.807) is 18.2 Å². The Morgan fingerprint density at radius 3 is 2.36 bits per heavy atom. The van der Waals surface area contributed by atoms with Crippen molar-refractivity contribution in [1.82, 2.24) is 0 Å². The first-order valence-electron chi connectivity index (χ1n) is 7.35. The van der Waals surface area contributed by atoms with E-state index >= 15 is 0 Å². The Kier molecular flexibility index (Phi) is 9.62. The van der Waals surface area contributed by atoms with Crippen molar-refractivity contribution in [3.05, 3.63) is 23.8 Å². The number of unbranched alkanes of at least 4 members (excludes halogenated alkanes) is 1. The third-order valence-electron chi connectivity index (χ3n) is 2.89. The molecule has 0 aromatic heterocycles. The molecule has 1 aromatic carbocycles. The molecule has 6 heteroatoms. The van der Waals surface area contributed by atoms with Crippen LogP contribution in [0.25, 0.3) is 0 Å². The Morgan fingerprint density at radius 2 is 1.73 bits per heavy atom. The molecule has 22 heavy (non-hydrogen) atoms. The second-order valence-corrected chi connectivity index (χ2v) is 4.91. The number of halogens is 1. The Labute approximate surface area is 136 Å². The summed E-state index contributed by atoms with van der Waals surface area (Å²) < 4.78 is 21.5. The van der Waals surface area contributed by atoms with Gasteiger partial charge in [-0.25, -0.2) is 0 Å². The zero-order chi connectivity index (χ0) is 16.2. The zero-order valence-corrected chi connectivity index (χ0v) is 13.9. The van der Waals surface area contributed by atoms with Gasteiger partial charge in [0.05, 0.1) is 26.9 Å². The van der Waals surface area contributed by atoms with Gasteiger partial charge in [-0.15, -0.1) is 0 Å². The van der Waals surface area contributed by atoms with Gasteiger partial charge in [-0.05, 0) is 36.2 Å². The highest BCUT2D eigenvalue weighted by Gasteiger charge is 2.09. The molecule has 0 bridgehead atoms. The van der Waals surface area contributed by atoms with Crippen molar-refractivity contribution in [2.75, 3.05) is 40.1 Å². The second kappa shape index (κ2) is 11.3. The van der Waals surface area contributed by atoms with E-state index in [9.17, 15) is 4.79 Å². The van der Waals surface area contributed by atoms with Crippen molar-refractivity contribution in [3.8, 4) is 11.5 Å². The fourth-order valence-corrected chi connectivity index (χ4v) is 1.81. The van der Waals surface area contributed by atoms with Crippen LogP contribution in [0.1, 0.15) is 30.1 Å². The van der Waals surface area contributed by atoms with Gasteiger partial charge >= 0.3 is 0 Å². The van der Waals surface area contributed by atoms with Crippen LogP contribution in [0, 0.1) is 0 Å². The van der Waals surface area contributed by atoms with Crippen LogP contribution in [0.4, 0.5) is 0 Å². The standard InChI is InChI=1S/C16H23ClO5/c1-3-4-7-20-8-9-21-10-11-22-15-12-13(16(17)18)5-6-14(15)19-2/h5-6,12H,3-4,7-11H2,1-2H3. The summed E-state index contributed by atoms with van der Waals surface area (Å²) in [6, 6.07) is 4.79. The largest absolute Gasteiger partial charge is 0.493 e. The van der Waals surface area contributed by atoms with E-state index in [1.807, 2.05) is 0 Å². The smallest absolute Gasteiger partial charge is 0.252 e. The average Bonchev–Trinajstić information content (AvgIpc) is 2.53. The monoisotopic (exact) mass is 330 g/mol. The number of hydrogen-bond donors (Lipinski definition) is 0. The van der Waals surface area contributed by atoms with Crippen molar-refractivity contribution in [2.24, 2.45) is 0 Å². The van der Waals surface area contributed by atoms with Crippen molar-refractivity contribution in [3.63, 3.8) is 0 Å². The highest BCUT2D eigenvalue weighted by atomic mass is 35.5. The lowest BCUT2D eigenvalue weighted by atomic mass is 10.2. The predicted molar refractivity (Wildman–Crippen MR) is 85.2 cm³/mol. The third kappa shape index (κ3) is 7.11. The molecule has 0 fully saturated rings. The van der Waals surface area contributed by atoms with Crippen molar-refractivity contribution in [2.45, 2.75) is 19.8 Å². The van der Waals surface area contributed by atoms with Gasteiger partial charge in [0, 0.05) is 12.2 Å². The van der Waals surface area contributed by atoms with Crippen LogP contribution in [0.5, 0.6) is 11.5 Å². The minimum atomic E-state index is -0.534. The molecule has 0 saturated carbocycles. The van der Waals surface area contributed by atoms with E-state index in [1.165, 1.54) is 7.11 Å². The Balaban J connectivity index is 2.26. The van der Waals surface area contributed by atoms with Gasteiger partial charge in [-0.1, -0.05) is 13.3 Å². The molecule has 1 aromatic rings. The first-order chi connectivity index (χ1) is 10.7. The van der Waals surface area contributed by atoms with Gasteiger partial charge in [-0.2, -0.15) is 0 Å². The van der Waals surface area contributed by atoms with Crippen LogP contribution < -0.4 is 9.47 Å². The zero-order valence-electron chi connectivity index (χ0n) is 13.1. The SMILES string of the molecule is CCCCOCCOCCOc1cc(C(=O)Cl)ccc1OC. The first kappa shape index (κ1) is 18.7. The van der Waals surface area contributed by atoms with Crippen LogP contribution in [-0.4, -0.2) is 45.4 Å². The van der Waals surface area contributed by atoms with Gasteiger partial charge < -0.3 is 18.9 Å². The molecule has 1 rings (SSSR count). The normalized spacial score (nSPS) is 10.5. The molecule has 0 N–H and O–H groups in total. The Bertz CT molecular complexity index is 450. The lowest BCUT2D eigenvalue weighted by Gasteiger charge is -2.11. The molecule has 0 unspecified atom stereocenters. The molecule has 0 heterocycles. The van der Waals surface area contributed by atoms with E-state index < -0.39 is 5.24 Å². The number of carbonyl (C=O) groups is 1. The summed E-state index contributed by atoms with van der Waals surface area (Å²) in [7, 11) is 1.54. The fourth-order valence-electron chi connectivity index (χ4n) is 1.69. The summed E-state index contributed by atoms with van der Waals surface area (Å²) in [4.78, 5) is 11.2. The lowest BCUT2D eigenvalue weighted by molar-refractivity contribution is 0.0353. The molecule has 0 amide bonds. The predicted octanol–water partition coefficient (Wildman–Crippen LogP) is 3.29. The van der Waals surface area contributed by atoms with Gasteiger partial charge in [-0.3, -0.25) is 4.79 Å². The van der Waals surface area contributed by atoms with E-state index in [4.69, 9.17) is 30.5 Å². The van der Waals surface area contributed by atoms with E-state index in [0.29, 0.717) is 43.5 Å². The minimum Gasteiger partial charge on any atom is -0.493 e. The topological polar surface area (TPSA) is 54.0 Å². The number of ether oxygens (including phenoxy) is 4. The summed E-state index contributed by atoms with van der Waals surface area (Å²) in [5.41, 5.74) is 0.364. The number of rotatable bonds is 12. The maximum Gasteiger partial charge on any atom is 0.252 e. The van der Waals surface area contributed by atoms with Gasteiger partial charge in [0.2, 0.25) is 0 Å². The molecule has 0 atom stereocenters. The molecular weight excluding hydrogens is 308 g/mol. The quantitative estimate of drug-likeness (QED) is 0.435. The van der Waals surface area contributed by atoms with Crippen molar-refractivity contribution >= 4 is 16.8 Å². The minimum absolute atomic E-state index is 0.352. The molecular formula is C16H23ClO5. The molecule has 124 valence electrons. The second-order valence-electron chi connectivity index (χ2n) is 4.57. The maximum absolute atomic E-state index is 11.2. The van der Waals surface area contributed by atoms with Crippen LogP contribution >= 0.6 is 11.6 Å². The average molecular weight is 331 g/mol. The van der Waals surface area contributed by atoms with Crippen LogP contribution in [0.3, 0.4) is 0 Å².